The van der Waals surface area contributed by atoms with Crippen LogP contribution in [0.15, 0.2) is 22.7 Å². The molecule has 0 spiro atoms. The van der Waals surface area contributed by atoms with Gasteiger partial charge in [0.1, 0.15) is 5.75 Å². The van der Waals surface area contributed by atoms with Crippen LogP contribution in [0, 0.1) is 0 Å². The monoisotopic (exact) mass is 389 g/mol. The standard InChI is InChI=1S/C16H24BrNO5/c1-4-22-15(23-5-2)11-21-9-8-18-16(19)13-10-12(20-3)6-7-14(13)17/h6-7,10,15H,4-5,8-9,11H2,1-3H3,(H,18,19). The summed E-state index contributed by atoms with van der Waals surface area (Å²) in [5, 5.41) is 2.80. The van der Waals surface area contributed by atoms with Crippen molar-refractivity contribution in [3.63, 3.8) is 0 Å². The first-order valence-corrected chi connectivity index (χ1v) is 8.34. The first-order valence-electron chi connectivity index (χ1n) is 7.55. The van der Waals surface area contributed by atoms with Gasteiger partial charge in [0.15, 0.2) is 6.29 Å². The van der Waals surface area contributed by atoms with Crippen LogP contribution in [-0.4, -0.2) is 52.3 Å². The van der Waals surface area contributed by atoms with E-state index < -0.39 is 0 Å². The van der Waals surface area contributed by atoms with E-state index in [0.717, 1.165) is 0 Å². The van der Waals surface area contributed by atoms with Crippen LogP contribution in [0.5, 0.6) is 5.75 Å². The Bertz CT molecular complexity index is 478. The summed E-state index contributed by atoms with van der Waals surface area (Å²) in [6.07, 6.45) is -0.367. The SMILES string of the molecule is CCOC(COCCNC(=O)c1cc(OC)ccc1Br)OCC. The summed E-state index contributed by atoms with van der Waals surface area (Å²) in [4.78, 5) is 12.1. The van der Waals surface area contributed by atoms with Gasteiger partial charge in [0.2, 0.25) is 0 Å². The van der Waals surface area contributed by atoms with Crippen molar-refractivity contribution in [3.05, 3.63) is 28.2 Å². The largest absolute Gasteiger partial charge is 0.497 e. The van der Waals surface area contributed by atoms with Crippen LogP contribution in [0.25, 0.3) is 0 Å². The van der Waals surface area contributed by atoms with E-state index in [1.54, 1.807) is 25.3 Å². The van der Waals surface area contributed by atoms with E-state index >= 15 is 0 Å². The number of amides is 1. The summed E-state index contributed by atoms with van der Waals surface area (Å²) in [6.45, 7) is 6.04. The third-order valence-corrected chi connectivity index (χ3v) is 3.60. The Morgan fingerprint density at radius 3 is 2.57 bits per heavy atom. The van der Waals surface area contributed by atoms with Gasteiger partial charge < -0.3 is 24.3 Å². The van der Waals surface area contributed by atoms with Gasteiger partial charge in [-0.25, -0.2) is 0 Å². The highest BCUT2D eigenvalue weighted by Crippen LogP contribution is 2.22. The third-order valence-electron chi connectivity index (χ3n) is 2.91. The summed E-state index contributed by atoms with van der Waals surface area (Å²) in [5.41, 5.74) is 0.519. The highest BCUT2D eigenvalue weighted by atomic mass is 79.9. The lowest BCUT2D eigenvalue weighted by molar-refractivity contribution is -0.166. The molecule has 0 fully saturated rings. The number of rotatable bonds is 11. The minimum atomic E-state index is -0.367. The number of methoxy groups -OCH3 is 1. The average molecular weight is 390 g/mol. The first-order chi connectivity index (χ1) is 11.1. The fraction of sp³-hybridized carbons (Fsp3) is 0.562. The maximum atomic E-state index is 12.1. The lowest BCUT2D eigenvalue weighted by Gasteiger charge is -2.17. The van der Waals surface area contributed by atoms with Crippen LogP contribution in [0.3, 0.4) is 0 Å². The van der Waals surface area contributed by atoms with Crippen molar-refractivity contribution < 1.29 is 23.7 Å². The molecular weight excluding hydrogens is 366 g/mol. The normalized spacial score (nSPS) is 10.8. The van der Waals surface area contributed by atoms with Crippen molar-refractivity contribution in [2.24, 2.45) is 0 Å². The van der Waals surface area contributed by atoms with E-state index in [1.807, 2.05) is 13.8 Å². The molecule has 0 atom stereocenters. The number of hydrogen-bond acceptors (Lipinski definition) is 5. The minimum absolute atomic E-state index is 0.189. The van der Waals surface area contributed by atoms with Crippen molar-refractivity contribution in [2.45, 2.75) is 20.1 Å². The van der Waals surface area contributed by atoms with Crippen molar-refractivity contribution in [2.75, 3.05) is 40.1 Å². The van der Waals surface area contributed by atoms with E-state index in [0.29, 0.717) is 48.8 Å². The molecule has 23 heavy (non-hydrogen) atoms. The molecule has 0 aliphatic carbocycles. The smallest absolute Gasteiger partial charge is 0.252 e. The summed E-state index contributed by atoms with van der Waals surface area (Å²) < 4.78 is 22.0. The predicted molar refractivity (Wildman–Crippen MR) is 90.9 cm³/mol. The maximum absolute atomic E-state index is 12.1. The number of nitrogens with one attached hydrogen (secondary N) is 1. The molecule has 0 heterocycles. The summed E-state index contributed by atoms with van der Waals surface area (Å²) in [5.74, 6) is 0.441. The molecule has 1 aromatic carbocycles. The molecule has 6 nitrogen and oxygen atoms in total. The molecule has 0 bridgehead atoms. The van der Waals surface area contributed by atoms with Crippen molar-refractivity contribution in [1.82, 2.24) is 5.32 Å². The Kier molecular flexibility index (Phi) is 9.86. The zero-order valence-electron chi connectivity index (χ0n) is 13.8. The Balaban J connectivity index is 2.34. The zero-order valence-corrected chi connectivity index (χ0v) is 15.4. The summed E-state index contributed by atoms with van der Waals surface area (Å²) in [6, 6.07) is 5.24. The Morgan fingerprint density at radius 2 is 1.96 bits per heavy atom. The molecule has 1 aromatic rings. The number of carbonyl (C=O) groups is 1. The predicted octanol–water partition coefficient (Wildman–Crippen LogP) is 2.60. The molecule has 0 saturated heterocycles. The fourth-order valence-corrected chi connectivity index (χ4v) is 2.26. The Hall–Kier alpha value is -1.15. The lowest BCUT2D eigenvalue weighted by Crippen LogP contribution is -2.30. The van der Waals surface area contributed by atoms with E-state index in [9.17, 15) is 4.79 Å². The van der Waals surface area contributed by atoms with Gasteiger partial charge in [-0.1, -0.05) is 0 Å². The number of carbonyl (C=O) groups excluding carboxylic acids is 1. The lowest BCUT2D eigenvalue weighted by atomic mass is 10.2. The van der Waals surface area contributed by atoms with Crippen molar-refractivity contribution in [1.29, 1.82) is 0 Å². The molecule has 1 N–H and O–H groups in total. The molecule has 0 aromatic heterocycles. The molecular formula is C16H24BrNO5. The number of ether oxygens (including phenoxy) is 4. The van der Waals surface area contributed by atoms with Crippen LogP contribution >= 0.6 is 15.9 Å². The van der Waals surface area contributed by atoms with E-state index in [2.05, 4.69) is 21.2 Å². The fourth-order valence-electron chi connectivity index (χ4n) is 1.83. The molecule has 130 valence electrons. The second-order valence-corrected chi connectivity index (χ2v) is 5.37. The van der Waals surface area contributed by atoms with Crippen molar-refractivity contribution >= 4 is 21.8 Å². The molecule has 0 aliphatic heterocycles. The molecule has 7 heteroatoms. The van der Waals surface area contributed by atoms with Gasteiger partial charge in [0.25, 0.3) is 5.91 Å². The maximum Gasteiger partial charge on any atom is 0.252 e. The minimum Gasteiger partial charge on any atom is -0.497 e. The van der Waals surface area contributed by atoms with Gasteiger partial charge >= 0.3 is 0 Å². The molecule has 1 rings (SSSR count). The molecule has 0 unspecified atom stereocenters. The molecule has 0 saturated carbocycles. The van der Waals surface area contributed by atoms with Crippen LogP contribution in [0.2, 0.25) is 0 Å². The van der Waals surface area contributed by atoms with E-state index in [1.165, 1.54) is 0 Å². The summed E-state index contributed by atoms with van der Waals surface area (Å²) >= 11 is 3.36. The van der Waals surface area contributed by atoms with Gasteiger partial charge in [-0.15, -0.1) is 0 Å². The second kappa shape index (κ2) is 11.4. The first kappa shape index (κ1) is 19.9. The van der Waals surface area contributed by atoms with Crippen LogP contribution in [0.1, 0.15) is 24.2 Å². The Labute approximate surface area is 145 Å². The van der Waals surface area contributed by atoms with Gasteiger partial charge in [-0.3, -0.25) is 4.79 Å². The molecule has 0 radical (unpaired) electrons. The van der Waals surface area contributed by atoms with Crippen molar-refractivity contribution in [3.8, 4) is 5.75 Å². The second-order valence-electron chi connectivity index (χ2n) is 4.52. The van der Waals surface area contributed by atoms with Crippen LogP contribution < -0.4 is 10.1 Å². The van der Waals surface area contributed by atoms with E-state index in [-0.39, 0.29) is 12.2 Å². The van der Waals surface area contributed by atoms with Gasteiger partial charge in [-0.2, -0.15) is 0 Å². The van der Waals surface area contributed by atoms with E-state index in [4.69, 9.17) is 18.9 Å². The van der Waals surface area contributed by atoms with Crippen LogP contribution in [0.4, 0.5) is 0 Å². The van der Waals surface area contributed by atoms with Gasteiger partial charge in [0, 0.05) is 24.2 Å². The van der Waals surface area contributed by atoms with Gasteiger partial charge in [0.05, 0.1) is 25.9 Å². The van der Waals surface area contributed by atoms with Crippen LogP contribution in [-0.2, 0) is 14.2 Å². The summed E-state index contributed by atoms with van der Waals surface area (Å²) in [7, 11) is 1.56. The topological polar surface area (TPSA) is 66.0 Å². The zero-order chi connectivity index (χ0) is 17.1. The average Bonchev–Trinajstić information content (AvgIpc) is 2.55. The number of halogens is 1. The Morgan fingerprint density at radius 1 is 1.26 bits per heavy atom. The highest BCUT2D eigenvalue weighted by Gasteiger charge is 2.11. The number of hydrogen-bond donors (Lipinski definition) is 1. The number of benzene rings is 1. The highest BCUT2D eigenvalue weighted by molar-refractivity contribution is 9.10. The quantitative estimate of drug-likeness (QED) is 0.465. The molecule has 1 amide bonds. The van der Waals surface area contributed by atoms with Gasteiger partial charge in [-0.05, 0) is 48.0 Å². The third kappa shape index (κ3) is 7.30. The molecule has 0 aliphatic rings.